The van der Waals surface area contributed by atoms with Crippen LogP contribution in [0.3, 0.4) is 0 Å². The molecule has 1 aliphatic rings. The monoisotopic (exact) mass is 468 g/mol. The Hall–Kier alpha value is -3.36. The number of carbonyl (C=O) groups is 1. The highest BCUT2D eigenvalue weighted by Gasteiger charge is 2.22. The smallest absolute Gasteiger partial charge is 0.347 e. The maximum absolute atomic E-state index is 12.7. The third-order valence-corrected chi connectivity index (χ3v) is 6.21. The van der Waals surface area contributed by atoms with Crippen molar-refractivity contribution in [3.8, 4) is 5.75 Å². The number of rotatable bonds is 10. The number of benzene rings is 1. The summed E-state index contributed by atoms with van der Waals surface area (Å²) in [7, 11) is 0. The maximum atomic E-state index is 12.7. The summed E-state index contributed by atoms with van der Waals surface area (Å²) in [5.74, 6) is 0.555. The minimum Gasteiger partial charge on any atom is -0.479 e. The van der Waals surface area contributed by atoms with E-state index in [0.29, 0.717) is 35.8 Å². The Morgan fingerprint density at radius 3 is 2.68 bits per heavy atom. The fourth-order valence-electron chi connectivity index (χ4n) is 4.44. The molecule has 0 fully saturated rings. The normalized spacial score (nSPS) is 13.7. The van der Waals surface area contributed by atoms with Crippen LogP contribution in [0.2, 0.25) is 0 Å². The lowest BCUT2D eigenvalue weighted by molar-refractivity contribution is -0.152. The molecule has 0 radical (unpaired) electrons. The van der Waals surface area contributed by atoms with E-state index in [-0.39, 0.29) is 6.61 Å². The fourth-order valence-corrected chi connectivity index (χ4v) is 4.44. The SMILES string of the molecule is CCCCn1c(=O)[nH]c(=O)c2c1nc(COC(=O)C(C)Oc1ccc3c(c1)CCC3)n2CCC. The number of carbonyl (C=O) groups excluding carboxylic acids is 1. The molecule has 9 heteroatoms. The second-order valence-electron chi connectivity index (χ2n) is 8.77. The molecule has 4 rings (SSSR count). The van der Waals surface area contributed by atoms with Crippen molar-refractivity contribution in [2.45, 2.75) is 85.1 Å². The topological polar surface area (TPSA) is 108 Å². The van der Waals surface area contributed by atoms with E-state index < -0.39 is 23.3 Å². The number of hydrogen-bond acceptors (Lipinski definition) is 6. The number of hydrogen-bond donors (Lipinski definition) is 1. The summed E-state index contributed by atoms with van der Waals surface area (Å²) in [6.07, 6.45) is 4.89. The van der Waals surface area contributed by atoms with Crippen molar-refractivity contribution in [2.24, 2.45) is 0 Å². The van der Waals surface area contributed by atoms with Crippen LogP contribution in [0.5, 0.6) is 5.75 Å². The van der Waals surface area contributed by atoms with Crippen LogP contribution in [-0.4, -0.2) is 31.2 Å². The third kappa shape index (κ3) is 4.78. The first kappa shape index (κ1) is 23.8. The molecule has 1 aliphatic carbocycles. The molecular formula is C25H32N4O5. The summed E-state index contributed by atoms with van der Waals surface area (Å²) in [5.41, 5.74) is 2.29. The number of imidazole rings is 1. The van der Waals surface area contributed by atoms with Gasteiger partial charge in [-0.05, 0) is 62.3 Å². The van der Waals surface area contributed by atoms with Crippen molar-refractivity contribution in [3.63, 3.8) is 0 Å². The van der Waals surface area contributed by atoms with Crippen LogP contribution in [0.25, 0.3) is 11.2 Å². The van der Waals surface area contributed by atoms with Crippen molar-refractivity contribution in [1.29, 1.82) is 0 Å². The Morgan fingerprint density at radius 2 is 1.91 bits per heavy atom. The number of aromatic nitrogens is 4. The highest BCUT2D eigenvalue weighted by Crippen LogP contribution is 2.26. The molecule has 2 heterocycles. The van der Waals surface area contributed by atoms with Crippen LogP contribution in [0.4, 0.5) is 0 Å². The number of fused-ring (bicyclic) bond motifs is 2. The first-order valence-corrected chi connectivity index (χ1v) is 12.1. The van der Waals surface area contributed by atoms with E-state index in [9.17, 15) is 14.4 Å². The minimum absolute atomic E-state index is 0.118. The van der Waals surface area contributed by atoms with E-state index in [0.717, 1.165) is 38.5 Å². The lowest BCUT2D eigenvalue weighted by atomic mass is 10.1. The summed E-state index contributed by atoms with van der Waals surface area (Å²) in [6.45, 7) is 6.51. The summed E-state index contributed by atoms with van der Waals surface area (Å²) in [5, 5.41) is 0. The number of H-pyrrole nitrogens is 1. The van der Waals surface area contributed by atoms with Crippen LogP contribution >= 0.6 is 0 Å². The summed E-state index contributed by atoms with van der Waals surface area (Å²) < 4.78 is 14.6. The quantitative estimate of drug-likeness (QED) is 0.458. The number of nitrogens with zero attached hydrogens (tertiary/aromatic N) is 3. The number of ether oxygens (including phenoxy) is 2. The van der Waals surface area contributed by atoms with E-state index in [2.05, 4.69) is 16.0 Å². The number of esters is 1. The van der Waals surface area contributed by atoms with Crippen molar-refractivity contribution in [2.75, 3.05) is 0 Å². The van der Waals surface area contributed by atoms with Crippen LogP contribution in [0.1, 0.15) is 63.4 Å². The maximum Gasteiger partial charge on any atom is 0.347 e. The third-order valence-electron chi connectivity index (χ3n) is 6.21. The van der Waals surface area contributed by atoms with Gasteiger partial charge in [-0.2, -0.15) is 0 Å². The van der Waals surface area contributed by atoms with Crippen molar-refractivity contribution < 1.29 is 14.3 Å². The van der Waals surface area contributed by atoms with Crippen LogP contribution < -0.4 is 16.0 Å². The first-order chi connectivity index (χ1) is 16.4. The van der Waals surface area contributed by atoms with Gasteiger partial charge >= 0.3 is 11.7 Å². The zero-order chi connectivity index (χ0) is 24.2. The molecule has 2 aromatic heterocycles. The molecule has 0 spiro atoms. The Balaban J connectivity index is 1.53. The molecular weight excluding hydrogens is 436 g/mol. The Morgan fingerprint density at radius 1 is 1.12 bits per heavy atom. The lowest BCUT2D eigenvalue weighted by Gasteiger charge is -2.15. The van der Waals surface area contributed by atoms with Gasteiger partial charge in [-0.3, -0.25) is 14.3 Å². The van der Waals surface area contributed by atoms with Gasteiger partial charge in [0, 0.05) is 13.1 Å². The van der Waals surface area contributed by atoms with Gasteiger partial charge in [0.1, 0.15) is 18.2 Å². The van der Waals surface area contributed by atoms with Crippen LogP contribution in [0, 0.1) is 0 Å². The molecule has 0 bridgehead atoms. The largest absolute Gasteiger partial charge is 0.479 e. The van der Waals surface area contributed by atoms with Gasteiger partial charge in [-0.15, -0.1) is 0 Å². The zero-order valence-corrected chi connectivity index (χ0v) is 20.1. The van der Waals surface area contributed by atoms with E-state index in [1.165, 1.54) is 15.7 Å². The van der Waals surface area contributed by atoms with Gasteiger partial charge < -0.3 is 14.0 Å². The van der Waals surface area contributed by atoms with E-state index in [1.807, 2.05) is 26.0 Å². The molecule has 182 valence electrons. The number of nitrogens with one attached hydrogen (secondary N) is 1. The Bertz CT molecular complexity index is 1300. The minimum atomic E-state index is -0.797. The van der Waals surface area contributed by atoms with Crippen LogP contribution in [-0.2, 0) is 42.1 Å². The van der Waals surface area contributed by atoms with E-state index >= 15 is 0 Å². The van der Waals surface area contributed by atoms with Crippen molar-refractivity contribution in [1.82, 2.24) is 19.1 Å². The molecule has 34 heavy (non-hydrogen) atoms. The molecule has 0 amide bonds. The van der Waals surface area contributed by atoms with Gasteiger partial charge in [0.05, 0.1) is 0 Å². The average Bonchev–Trinajstić information content (AvgIpc) is 3.42. The standard InChI is InChI=1S/C25H32N4O5/c1-4-6-13-29-22-21(23(30)27-25(29)32)28(12-5-2)20(26-22)15-33-24(31)16(3)34-19-11-10-17-8-7-9-18(17)14-19/h10-11,14,16H,4-9,12-13,15H2,1-3H3,(H,27,30,32). The second kappa shape index (κ2) is 10.3. The molecule has 1 N–H and O–H groups in total. The molecule has 1 atom stereocenters. The predicted molar refractivity (Wildman–Crippen MR) is 128 cm³/mol. The summed E-state index contributed by atoms with van der Waals surface area (Å²) in [4.78, 5) is 44.6. The van der Waals surface area contributed by atoms with Gasteiger partial charge in [0.2, 0.25) is 0 Å². The van der Waals surface area contributed by atoms with E-state index in [4.69, 9.17) is 9.47 Å². The van der Waals surface area contributed by atoms with Crippen molar-refractivity contribution in [3.05, 3.63) is 56.0 Å². The van der Waals surface area contributed by atoms with Gasteiger partial charge in [-0.25, -0.2) is 14.6 Å². The molecule has 1 aromatic carbocycles. The van der Waals surface area contributed by atoms with Gasteiger partial charge in [0.25, 0.3) is 5.56 Å². The average molecular weight is 469 g/mol. The lowest BCUT2D eigenvalue weighted by Crippen LogP contribution is -2.31. The molecule has 9 nitrogen and oxygen atoms in total. The predicted octanol–water partition coefficient (Wildman–Crippen LogP) is 3.10. The van der Waals surface area contributed by atoms with Gasteiger partial charge in [-0.1, -0.05) is 26.3 Å². The van der Waals surface area contributed by atoms with E-state index in [1.54, 1.807) is 11.5 Å². The fraction of sp³-hybridized carbons (Fsp3) is 0.520. The van der Waals surface area contributed by atoms with Crippen molar-refractivity contribution >= 4 is 17.1 Å². The first-order valence-electron chi connectivity index (χ1n) is 12.1. The highest BCUT2D eigenvalue weighted by molar-refractivity contribution is 5.75. The molecule has 0 aliphatic heterocycles. The second-order valence-corrected chi connectivity index (χ2v) is 8.77. The molecule has 0 saturated carbocycles. The highest BCUT2D eigenvalue weighted by atomic mass is 16.6. The zero-order valence-electron chi connectivity index (χ0n) is 20.1. The molecule has 1 unspecified atom stereocenters. The number of unbranched alkanes of at least 4 members (excludes halogenated alkanes) is 1. The van der Waals surface area contributed by atoms with Crippen LogP contribution in [0.15, 0.2) is 27.8 Å². The molecule has 0 saturated heterocycles. The summed E-state index contributed by atoms with van der Waals surface area (Å²) >= 11 is 0. The van der Waals surface area contributed by atoms with Gasteiger partial charge in [0.15, 0.2) is 17.3 Å². The Kier molecular flexibility index (Phi) is 7.19. The Labute approximate surface area is 197 Å². The molecule has 3 aromatic rings. The number of aryl methyl sites for hydroxylation is 4. The summed E-state index contributed by atoms with van der Waals surface area (Å²) in [6, 6.07) is 5.93. The number of aromatic amines is 1.